The molecule has 2 aromatic rings. The summed E-state index contributed by atoms with van der Waals surface area (Å²) in [5.41, 5.74) is 0.137. The zero-order valence-electron chi connectivity index (χ0n) is 7.04. The molecule has 0 atom stereocenters. The Labute approximate surface area is 78.2 Å². The van der Waals surface area contributed by atoms with E-state index < -0.39 is 11.7 Å². The molecule has 0 aliphatic carbocycles. The Balaban J connectivity index is 2.97. The summed E-state index contributed by atoms with van der Waals surface area (Å²) >= 11 is 0. The summed E-state index contributed by atoms with van der Waals surface area (Å²) in [6, 6.07) is 6.57. The highest BCUT2D eigenvalue weighted by Gasteiger charge is 2.08. The Morgan fingerprint density at radius 2 is 2.07 bits per heavy atom. The molecule has 0 unspecified atom stereocenters. The highest BCUT2D eigenvalue weighted by Crippen LogP contribution is 2.07. The normalized spacial score (nSPS) is 10.3. The van der Waals surface area contributed by atoms with E-state index in [2.05, 4.69) is 4.98 Å². The van der Waals surface area contributed by atoms with Crippen LogP contribution in [0.3, 0.4) is 0 Å². The summed E-state index contributed by atoms with van der Waals surface area (Å²) < 4.78 is 0.669. The lowest BCUT2D eigenvalue weighted by atomic mass is 10.3. The number of aromatic nitrogens is 2. The van der Waals surface area contributed by atoms with Crippen LogP contribution in [0.2, 0.25) is 0 Å². The van der Waals surface area contributed by atoms with Gasteiger partial charge in [0, 0.05) is 0 Å². The monoisotopic (exact) mass is 190 g/mol. The number of hydrogen-bond donors (Lipinski definition) is 1. The molecule has 70 valence electrons. The molecule has 0 saturated heterocycles. The van der Waals surface area contributed by atoms with Crippen LogP contribution in [-0.4, -0.2) is 20.8 Å². The number of nitrogens with zero attached hydrogens (tertiary/aromatic N) is 2. The zero-order chi connectivity index (χ0) is 10.1. The Morgan fingerprint density at radius 3 is 2.79 bits per heavy atom. The first-order chi connectivity index (χ1) is 6.70. The number of para-hydroxylation sites is 2. The molecule has 5 heteroatoms. The molecule has 0 radical (unpaired) electrons. The molecule has 0 spiro atoms. The fourth-order valence-electron chi connectivity index (χ4n) is 1.26. The van der Waals surface area contributed by atoms with Gasteiger partial charge in [0.05, 0.1) is 17.2 Å². The fourth-order valence-corrected chi connectivity index (χ4v) is 1.26. The lowest BCUT2D eigenvalue weighted by Gasteiger charge is -2.02. The molecule has 2 rings (SSSR count). The van der Waals surface area contributed by atoms with Crippen LogP contribution in [0.15, 0.2) is 35.3 Å². The predicted octanol–water partition coefficient (Wildman–Crippen LogP) is 0.923. The molecule has 0 amide bonds. The molecule has 1 heterocycles. The first-order valence-corrected chi connectivity index (χ1v) is 3.90. The van der Waals surface area contributed by atoms with Crippen molar-refractivity contribution in [3.63, 3.8) is 0 Å². The van der Waals surface area contributed by atoms with Gasteiger partial charge in [-0.15, -0.1) is 0 Å². The largest absolute Gasteiger partial charge is 0.464 e. The van der Waals surface area contributed by atoms with E-state index in [1.165, 1.54) is 6.07 Å². The Kier molecular flexibility index (Phi) is 1.78. The Morgan fingerprint density at radius 1 is 1.36 bits per heavy atom. The second kappa shape index (κ2) is 2.95. The zero-order valence-corrected chi connectivity index (χ0v) is 7.04. The lowest BCUT2D eigenvalue weighted by Crippen LogP contribution is -2.25. The molecule has 0 aliphatic rings. The van der Waals surface area contributed by atoms with Gasteiger partial charge in [-0.1, -0.05) is 12.1 Å². The first kappa shape index (κ1) is 8.43. The average molecular weight is 190 g/mol. The highest BCUT2D eigenvalue weighted by molar-refractivity contribution is 5.84. The van der Waals surface area contributed by atoms with E-state index in [1.54, 1.807) is 18.2 Å². The van der Waals surface area contributed by atoms with Crippen molar-refractivity contribution < 1.29 is 9.90 Å². The van der Waals surface area contributed by atoms with Crippen LogP contribution < -0.4 is 5.56 Å². The third-order valence-corrected chi connectivity index (χ3v) is 1.85. The molecule has 1 aromatic carbocycles. The van der Waals surface area contributed by atoms with Crippen LogP contribution in [0.1, 0.15) is 0 Å². The number of rotatable bonds is 0. The van der Waals surface area contributed by atoms with E-state index in [9.17, 15) is 9.59 Å². The van der Waals surface area contributed by atoms with Crippen LogP contribution >= 0.6 is 0 Å². The SMILES string of the molecule is O=C(O)n1c(=O)cnc2ccccc21. The molecule has 1 N–H and O–H groups in total. The first-order valence-electron chi connectivity index (χ1n) is 3.90. The van der Waals surface area contributed by atoms with Crippen molar-refractivity contribution in [1.29, 1.82) is 0 Å². The third kappa shape index (κ3) is 1.15. The quantitative estimate of drug-likeness (QED) is 0.670. The minimum atomic E-state index is -1.30. The molecular formula is C9H6N2O3. The van der Waals surface area contributed by atoms with Gasteiger partial charge in [-0.2, -0.15) is 0 Å². The van der Waals surface area contributed by atoms with E-state index >= 15 is 0 Å². The van der Waals surface area contributed by atoms with Crippen LogP contribution in [0.4, 0.5) is 4.79 Å². The maximum absolute atomic E-state index is 11.2. The summed E-state index contributed by atoms with van der Waals surface area (Å²) in [5.74, 6) is 0. The van der Waals surface area contributed by atoms with E-state index in [0.29, 0.717) is 15.6 Å². The van der Waals surface area contributed by atoms with Crippen molar-refractivity contribution in [1.82, 2.24) is 9.55 Å². The van der Waals surface area contributed by atoms with Crippen LogP contribution in [0, 0.1) is 0 Å². The van der Waals surface area contributed by atoms with E-state index in [1.807, 2.05) is 0 Å². The Hall–Kier alpha value is -2.17. The van der Waals surface area contributed by atoms with Crippen molar-refractivity contribution in [2.24, 2.45) is 0 Å². The predicted molar refractivity (Wildman–Crippen MR) is 49.4 cm³/mol. The molecule has 0 fully saturated rings. The van der Waals surface area contributed by atoms with Gasteiger partial charge in [0.1, 0.15) is 0 Å². The molecule has 0 saturated carbocycles. The van der Waals surface area contributed by atoms with Gasteiger partial charge in [0.2, 0.25) is 0 Å². The van der Waals surface area contributed by atoms with Gasteiger partial charge < -0.3 is 5.11 Å². The van der Waals surface area contributed by atoms with Crippen molar-refractivity contribution in [3.8, 4) is 0 Å². The van der Waals surface area contributed by atoms with Gasteiger partial charge in [-0.05, 0) is 12.1 Å². The molecule has 5 nitrogen and oxygen atoms in total. The molecule has 0 bridgehead atoms. The van der Waals surface area contributed by atoms with Crippen molar-refractivity contribution >= 4 is 17.1 Å². The topological polar surface area (TPSA) is 72.2 Å². The summed E-state index contributed by atoms with van der Waals surface area (Å²) in [4.78, 5) is 25.8. The smallest absolute Gasteiger partial charge is 0.419 e. The van der Waals surface area contributed by atoms with Gasteiger partial charge in [-0.3, -0.25) is 4.79 Å². The number of hydrogen-bond acceptors (Lipinski definition) is 3. The molecule has 0 aliphatic heterocycles. The minimum absolute atomic E-state index is 0.299. The van der Waals surface area contributed by atoms with E-state index in [0.717, 1.165) is 6.20 Å². The minimum Gasteiger partial charge on any atom is -0.464 e. The maximum atomic E-state index is 11.2. The van der Waals surface area contributed by atoms with Gasteiger partial charge in [0.25, 0.3) is 5.56 Å². The van der Waals surface area contributed by atoms with Crippen molar-refractivity contribution in [2.75, 3.05) is 0 Å². The van der Waals surface area contributed by atoms with Gasteiger partial charge in [0.15, 0.2) is 0 Å². The summed E-state index contributed by atoms with van der Waals surface area (Å²) in [5, 5.41) is 8.80. The van der Waals surface area contributed by atoms with Crippen LogP contribution in [-0.2, 0) is 0 Å². The fraction of sp³-hybridized carbons (Fsp3) is 0. The van der Waals surface area contributed by atoms with Crippen molar-refractivity contribution in [3.05, 3.63) is 40.8 Å². The van der Waals surface area contributed by atoms with Crippen LogP contribution in [0.25, 0.3) is 11.0 Å². The standard InChI is InChI=1S/C9H6N2O3/c12-8-5-10-6-3-1-2-4-7(6)11(8)9(13)14/h1-5H,(H,13,14). The second-order valence-electron chi connectivity index (χ2n) is 2.70. The summed E-state index contributed by atoms with van der Waals surface area (Å²) in [6.07, 6.45) is -0.301. The van der Waals surface area contributed by atoms with Gasteiger partial charge in [-0.25, -0.2) is 14.3 Å². The van der Waals surface area contributed by atoms with E-state index in [-0.39, 0.29) is 0 Å². The van der Waals surface area contributed by atoms with Gasteiger partial charge >= 0.3 is 6.09 Å². The average Bonchev–Trinajstić information content (AvgIpc) is 2.17. The highest BCUT2D eigenvalue weighted by atomic mass is 16.4. The van der Waals surface area contributed by atoms with E-state index in [4.69, 9.17) is 5.11 Å². The maximum Gasteiger partial charge on any atom is 0.419 e. The lowest BCUT2D eigenvalue weighted by molar-refractivity contribution is 0.196. The third-order valence-electron chi connectivity index (χ3n) is 1.85. The summed E-state index contributed by atoms with van der Waals surface area (Å²) in [6.45, 7) is 0. The number of carbonyl (C=O) groups is 1. The molecule has 14 heavy (non-hydrogen) atoms. The number of fused-ring (bicyclic) bond motifs is 1. The summed E-state index contributed by atoms with van der Waals surface area (Å²) in [7, 11) is 0. The molecule has 1 aromatic heterocycles. The van der Waals surface area contributed by atoms with Crippen molar-refractivity contribution in [2.45, 2.75) is 0 Å². The second-order valence-corrected chi connectivity index (χ2v) is 2.70. The Bertz CT molecular complexity index is 559. The number of benzene rings is 1. The molecular weight excluding hydrogens is 184 g/mol. The number of carboxylic acid groups (broad SMARTS) is 1. The van der Waals surface area contributed by atoms with Crippen LogP contribution in [0.5, 0.6) is 0 Å².